The maximum Gasteiger partial charge on any atom is 0.335 e. The van der Waals surface area contributed by atoms with Gasteiger partial charge in [0.2, 0.25) is 10.0 Å². The molecule has 0 bridgehead atoms. The lowest BCUT2D eigenvalue weighted by atomic mass is 10.2. The van der Waals surface area contributed by atoms with Crippen LogP contribution in [0, 0.1) is 0 Å². The predicted octanol–water partition coefficient (Wildman–Crippen LogP) is 1.48. The Bertz CT molecular complexity index is 454. The van der Waals surface area contributed by atoms with Crippen molar-refractivity contribution < 1.29 is 18.3 Å². The van der Waals surface area contributed by atoms with Gasteiger partial charge in [-0.15, -0.1) is 0 Å². The Morgan fingerprint density at radius 1 is 1.33 bits per heavy atom. The van der Waals surface area contributed by atoms with Crippen LogP contribution in [-0.2, 0) is 10.0 Å². The molecule has 0 aliphatic carbocycles. The zero-order valence-corrected chi connectivity index (χ0v) is 9.88. The Kier molecular flexibility index (Phi) is 3.70. The molecule has 0 spiro atoms. The first-order chi connectivity index (χ1) is 6.94. The summed E-state index contributed by atoms with van der Waals surface area (Å²) in [4.78, 5) is 10.5. The van der Waals surface area contributed by atoms with E-state index < -0.39 is 16.0 Å². The van der Waals surface area contributed by atoms with E-state index >= 15 is 0 Å². The molecule has 0 unspecified atom stereocenters. The minimum Gasteiger partial charge on any atom is -0.478 e. The molecule has 0 saturated carbocycles. The van der Waals surface area contributed by atoms with Crippen molar-refractivity contribution >= 4 is 37.6 Å². The second-order valence-corrected chi connectivity index (χ2v) is 5.73. The van der Waals surface area contributed by atoms with Crippen molar-refractivity contribution in [3.8, 4) is 0 Å². The Hall–Kier alpha value is -1.08. The Balaban J connectivity index is 2.86. The molecule has 1 aromatic rings. The van der Waals surface area contributed by atoms with Crippen LogP contribution in [0.4, 0.5) is 5.69 Å². The number of aromatic carboxylic acids is 1. The Labute approximate surface area is 95.3 Å². The molecule has 82 valence electrons. The third kappa shape index (κ3) is 3.52. The van der Waals surface area contributed by atoms with Crippen LogP contribution in [0.15, 0.2) is 24.3 Å². The van der Waals surface area contributed by atoms with E-state index in [2.05, 4.69) is 20.7 Å². The topological polar surface area (TPSA) is 83.5 Å². The number of carboxylic acids is 1. The first kappa shape index (κ1) is 12.0. The summed E-state index contributed by atoms with van der Waals surface area (Å²) in [5.41, 5.74) is 0.441. The van der Waals surface area contributed by atoms with E-state index in [0.29, 0.717) is 5.69 Å². The number of carbonyl (C=O) groups is 1. The molecule has 0 aliphatic rings. The van der Waals surface area contributed by atoms with Crippen molar-refractivity contribution in [1.29, 1.82) is 0 Å². The molecule has 0 fully saturated rings. The van der Waals surface area contributed by atoms with Crippen molar-refractivity contribution in [3.63, 3.8) is 0 Å². The third-order valence-electron chi connectivity index (χ3n) is 1.55. The molecule has 0 heterocycles. The molecule has 15 heavy (non-hydrogen) atoms. The lowest BCUT2D eigenvalue weighted by Crippen LogP contribution is -2.13. The number of alkyl halides is 1. The van der Waals surface area contributed by atoms with Gasteiger partial charge in [0, 0.05) is 5.69 Å². The molecule has 0 amide bonds. The molecule has 1 rings (SSSR count). The summed E-state index contributed by atoms with van der Waals surface area (Å²) in [6, 6.07) is 5.44. The number of carboxylic acid groups (broad SMARTS) is 1. The third-order valence-corrected chi connectivity index (χ3v) is 4.19. The summed E-state index contributed by atoms with van der Waals surface area (Å²) in [7, 11) is -3.39. The van der Waals surface area contributed by atoms with Crippen molar-refractivity contribution in [2.75, 3.05) is 9.38 Å². The van der Waals surface area contributed by atoms with Gasteiger partial charge in [0.15, 0.2) is 0 Å². The van der Waals surface area contributed by atoms with Crippen LogP contribution in [-0.4, -0.2) is 24.2 Å². The van der Waals surface area contributed by atoms with Crippen molar-refractivity contribution in [3.05, 3.63) is 29.8 Å². The molecular weight excluding hydrogens is 286 g/mol. The molecule has 0 aliphatic heterocycles. The molecule has 5 nitrogen and oxygen atoms in total. The maximum atomic E-state index is 11.1. The van der Waals surface area contributed by atoms with Gasteiger partial charge in [-0.05, 0) is 24.3 Å². The second kappa shape index (κ2) is 4.63. The number of halogens is 1. The van der Waals surface area contributed by atoms with Gasteiger partial charge >= 0.3 is 5.97 Å². The normalized spacial score (nSPS) is 11.0. The first-order valence-electron chi connectivity index (χ1n) is 3.84. The molecule has 0 aromatic heterocycles. The summed E-state index contributed by atoms with van der Waals surface area (Å²) in [6.45, 7) is 0. The van der Waals surface area contributed by atoms with Crippen LogP contribution in [0.3, 0.4) is 0 Å². The van der Waals surface area contributed by atoms with Crippen LogP contribution < -0.4 is 4.72 Å². The first-order valence-corrected chi connectivity index (χ1v) is 6.62. The predicted molar refractivity (Wildman–Crippen MR) is 59.7 cm³/mol. The average Bonchev–Trinajstić information content (AvgIpc) is 2.18. The van der Waals surface area contributed by atoms with Gasteiger partial charge in [0.05, 0.1) is 5.56 Å². The van der Waals surface area contributed by atoms with Gasteiger partial charge in [-0.1, -0.05) is 15.9 Å². The fourth-order valence-electron chi connectivity index (χ4n) is 0.888. The summed E-state index contributed by atoms with van der Waals surface area (Å²) in [5.74, 6) is -1.05. The molecule has 0 radical (unpaired) electrons. The van der Waals surface area contributed by atoms with Gasteiger partial charge in [-0.25, -0.2) is 13.2 Å². The van der Waals surface area contributed by atoms with Crippen molar-refractivity contribution in [2.24, 2.45) is 0 Å². The molecular formula is C8H8BrNO4S. The molecule has 1 aromatic carbocycles. The van der Waals surface area contributed by atoms with Gasteiger partial charge in [-0.3, -0.25) is 4.72 Å². The lowest BCUT2D eigenvalue weighted by Gasteiger charge is -2.04. The summed E-state index contributed by atoms with van der Waals surface area (Å²) in [5, 5.41) is 8.61. The van der Waals surface area contributed by atoms with Crippen LogP contribution in [0.1, 0.15) is 10.4 Å². The number of nitrogens with one attached hydrogen (secondary N) is 1. The van der Waals surface area contributed by atoms with Gasteiger partial charge in [-0.2, -0.15) is 0 Å². The van der Waals surface area contributed by atoms with Gasteiger partial charge < -0.3 is 5.11 Å². The highest BCUT2D eigenvalue weighted by Gasteiger charge is 2.08. The fourth-order valence-corrected chi connectivity index (χ4v) is 1.78. The highest BCUT2D eigenvalue weighted by Crippen LogP contribution is 2.12. The summed E-state index contributed by atoms with van der Waals surface area (Å²) in [6.07, 6.45) is 0. The van der Waals surface area contributed by atoms with E-state index in [1.807, 2.05) is 0 Å². The monoisotopic (exact) mass is 293 g/mol. The van der Waals surface area contributed by atoms with E-state index in [4.69, 9.17) is 5.11 Å². The van der Waals surface area contributed by atoms with Crippen molar-refractivity contribution in [1.82, 2.24) is 0 Å². The smallest absolute Gasteiger partial charge is 0.335 e. The van der Waals surface area contributed by atoms with E-state index in [1.165, 1.54) is 24.3 Å². The van der Waals surface area contributed by atoms with E-state index in [0.717, 1.165) is 0 Å². The van der Waals surface area contributed by atoms with E-state index in [9.17, 15) is 13.2 Å². The van der Waals surface area contributed by atoms with Crippen LogP contribution in [0.25, 0.3) is 0 Å². The highest BCUT2D eigenvalue weighted by molar-refractivity contribution is 9.10. The summed E-state index contributed by atoms with van der Waals surface area (Å²) >= 11 is 2.82. The second-order valence-electron chi connectivity index (χ2n) is 2.71. The van der Waals surface area contributed by atoms with Crippen LogP contribution >= 0.6 is 15.9 Å². The standard InChI is InChI=1S/C8H8BrNO4S/c9-5-15(13,14)10-7-3-1-6(2-4-7)8(11)12/h1-4,10H,5H2,(H,11,12). The quantitative estimate of drug-likeness (QED) is 0.824. The van der Waals surface area contributed by atoms with E-state index in [1.54, 1.807) is 0 Å². The number of benzene rings is 1. The minimum absolute atomic E-state index is 0.108. The minimum atomic E-state index is -3.39. The molecule has 0 atom stereocenters. The van der Waals surface area contributed by atoms with E-state index in [-0.39, 0.29) is 10.2 Å². The SMILES string of the molecule is O=C(O)c1ccc(NS(=O)(=O)CBr)cc1. The zero-order valence-electron chi connectivity index (χ0n) is 7.47. The van der Waals surface area contributed by atoms with Crippen LogP contribution in [0.5, 0.6) is 0 Å². The molecule has 7 heteroatoms. The lowest BCUT2D eigenvalue weighted by molar-refractivity contribution is 0.0697. The fraction of sp³-hybridized carbons (Fsp3) is 0.125. The number of sulfonamides is 1. The molecule has 2 N–H and O–H groups in total. The maximum absolute atomic E-state index is 11.1. The van der Waals surface area contributed by atoms with Crippen molar-refractivity contribution in [2.45, 2.75) is 0 Å². The van der Waals surface area contributed by atoms with Gasteiger partial charge in [0.1, 0.15) is 4.66 Å². The number of hydrogen-bond acceptors (Lipinski definition) is 3. The summed E-state index contributed by atoms with van der Waals surface area (Å²) < 4.78 is 24.3. The molecule has 0 saturated heterocycles. The highest BCUT2D eigenvalue weighted by atomic mass is 79.9. The van der Waals surface area contributed by atoms with Gasteiger partial charge in [0.25, 0.3) is 0 Å². The zero-order chi connectivity index (χ0) is 11.5. The Morgan fingerprint density at radius 3 is 2.27 bits per heavy atom. The number of hydrogen-bond donors (Lipinski definition) is 2. The van der Waals surface area contributed by atoms with Crippen LogP contribution in [0.2, 0.25) is 0 Å². The average molecular weight is 294 g/mol. The Morgan fingerprint density at radius 2 is 1.87 bits per heavy atom. The largest absolute Gasteiger partial charge is 0.478 e. The number of anilines is 1. The number of rotatable bonds is 4.